The zero-order chi connectivity index (χ0) is 15.2. The van der Waals surface area contributed by atoms with Crippen LogP contribution in [0.15, 0.2) is 4.79 Å². The van der Waals surface area contributed by atoms with Crippen LogP contribution in [0.3, 0.4) is 0 Å². The van der Waals surface area contributed by atoms with Gasteiger partial charge >= 0.3 is 4.87 Å². The summed E-state index contributed by atoms with van der Waals surface area (Å²) in [6.45, 7) is 10.0. The van der Waals surface area contributed by atoms with Crippen LogP contribution in [0.25, 0.3) is 0 Å². The molecule has 21 heavy (non-hydrogen) atoms. The van der Waals surface area contributed by atoms with E-state index in [-0.39, 0.29) is 10.8 Å². The molecule has 6 nitrogen and oxygen atoms in total. The molecule has 0 spiro atoms. The van der Waals surface area contributed by atoms with Crippen molar-refractivity contribution < 1.29 is 4.79 Å². The first-order valence-corrected chi connectivity index (χ1v) is 8.26. The quantitative estimate of drug-likeness (QED) is 0.772. The van der Waals surface area contributed by atoms with E-state index in [0.29, 0.717) is 19.5 Å². The highest BCUT2D eigenvalue weighted by molar-refractivity contribution is 7.09. The van der Waals surface area contributed by atoms with Gasteiger partial charge in [-0.2, -0.15) is 0 Å². The Labute approximate surface area is 129 Å². The average molecular weight is 312 g/mol. The van der Waals surface area contributed by atoms with Crippen LogP contribution in [0, 0.1) is 13.8 Å². The van der Waals surface area contributed by atoms with Crippen molar-refractivity contribution >= 4 is 17.2 Å². The molecular formula is C14H24N4O2S. The van der Waals surface area contributed by atoms with Gasteiger partial charge in [0, 0.05) is 62.8 Å². The Morgan fingerprint density at radius 3 is 2.62 bits per heavy atom. The van der Waals surface area contributed by atoms with E-state index in [9.17, 15) is 9.59 Å². The first-order chi connectivity index (χ1) is 10.1. The van der Waals surface area contributed by atoms with Crippen molar-refractivity contribution in [3.63, 3.8) is 0 Å². The lowest BCUT2D eigenvalue weighted by molar-refractivity contribution is -0.121. The molecular weight excluding hydrogens is 288 g/mol. The molecule has 0 aromatic carbocycles. The van der Waals surface area contributed by atoms with Crippen LogP contribution < -0.4 is 15.5 Å². The number of aryl methyl sites for hydroxylation is 1. The lowest BCUT2D eigenvalue weighted by atomic mass is 10.3. The molecule has 2 heterocycles. The van der Waals surface area contributed by atoms with Gasteiger partial charge in [-0.15, -0.1) is 0 Å². The van der Waals surface area contributed by atoms with Crippen molar-refractivity contribution in [2.24, 2.45) is 0 Å². The van der Waals surface area contributed by atoms with E-state index in [1.54, 1.807) is 4.57 Å². The molecule has 1 fully saturated rings. The Bertz CT molecular complexity index is 532. The van der Waals surface area contributed by atoms with Gasteiger partial charge in [-0.05, 0) is 13.8 Å². The monoisotopic (exact) mass is 312 g/mol. The maximum Gasteiger partial charge on any atom is 0.307 e. The van der Waals surface area contributed by atoms with Crippen LogP contribution >= 0.6 is 11.3 Å². The van der Waals surface area contributed by atoms with Crippen molar-refractivity contribution in [1.82, 2.24) is 20.1 Å². The highest BCUT2D eigenvalue weighted by Crippen LogP contribution is 2.09. The lowest BCUT2D eigenvalue weighted by Gasteiger charge is -2.27. The van der Waals surface area contributed by atoms with Crippen molar-refractivity contribution in [2.75, 3.05) is 39.3 Å². The number of nitrogens with one attached hydrogen (secondary N) is 2. The summed E-state index contributed by atoms with van der Waals surface area (Å²) in [6, 6.07) is 0. The minimum Gasteiger partial charge on any atom is -0.355 e. The normalized spacial score (nSPS) is 16.1. The second-order valence-corrected chi connectivity index (χ2v) is 6.52. The van der Waals surface area contributed by atoms with E-state index in [1.165, 1.54) is 11.3 Å². The zero-order valence-electron chi connectivity index (χ0n) is 12.8. The zero-order valence-corrected chi connectivity index (χ0v) is 13.6. The number of aromatic nitrogens is 1. The van der Waals surface area contributed by atoms with Crippen LogP contribution in [-0.2, 0) is 11.3 Å². The van der Waals surface area contributed by atoms with E-state index in [1.807, 2.05) is 13.8 Å². The molecule has 0 saturated carbocycles. The first kappa shape index (κ1) is 16.2. The van der Waals surface area contributed by atoms with Crippen molar-refractivity contribution in [2.45, 2.75) is 26.8 Å². The summed E-state index contributed by atoms with van der Waals surface area (Å²) in [5.41, 5.74) is 0.971. The first-order valence-electron chi connectivity index (χ1n) is 7.44. The van der Waals surface area contributed by atoms with Crippen LogP contribution in [0.4, 0.5) is 0 Å². The van der Waals surface area contributed by atoms with Gasteiger partial charge < -0.3 is 15.2 Å². The van der Waals surface area contributed by atoms with Gasteiger partial charge in [-0.1, -0.05) is 11.3 Å². The molecule has 1 aliphatic rings. The van der Waals surface area contributed by atoms with E-state index < -0.39 is 0 Å². The minimum absolute atomic E-state index is 0.0142. The molecule has 0 atom stereocenters. The van der Waals surface area contributed by atoms with Gasteiger partial charge in [0.1, 0.15) is 0 Å². The summed E-state index contributed by atoms with van der Waals surface area (Å²) in [5.74, 6) is 0.0142. The third kappa shape index (κ3) is 4.66. The molecule has 0 bridgehead atoms. The maximum absolute atomic E-state index is 11.8. The smallest absolute Gasteiger partial charge is 0.307 e. The molecule has 7 heteroatoms. The molecule has 2 N–H and O–H groups in total. The van der Waals surface area contributed by atoms with Crippen molar-refractivity contribution in [1.29, 1.82) is 0 Å². The molecule has 0 aliphatic carbocycles. The molecule has 0 unspecified atom stereocenters. The number of hydrogen-bond donors (Lipinski definition) is 2. The third-order valence-electron chi connectivity index (χ3n) is 3.90. The van der Waals surface area contributed by atoms with Crippen LogP contribution in [0.5, 0.6) is 0 Å². The summed E-state index contributed by atoms with van der Waals surface area (Å²) in [5, 5.41) is 6.24. The highest BCUT2D eigenvalue weighted by Gasteiger charge is 2.11. The number of thiazole rings is 1. The fourth-order valence-electron chi connectivity index (χ4n) is 2.44. The van der Waals surface area contributed by atoms with Crippen LogP contribution in [0.2, 0.25) is 0 Å². The fraction of sp³-hybridized carbons (Fsp3) is 0.714. The Hall–Kier alpha value is -1.18. The van der Waals surface area contributed by atoms with E-state index in [4.69, 9.17) is 0 Å². The van der Waals surface area contributed by atoms with Gasteiger partial charge in [0.25, 0.3) is 0 Å². The standard InChI is InChI=1S/C14H24N4O2S/c1-11-12(2)21-14(20)18(11)7-3-13(19)16-6-10-17-8-4-15-5-9-17/h15H,3-10H2,1-2H3,(H,16,19). The molecule has 2 rings (SSSR count). The number of amides is 1. The van der Waals surface area contributed by atoms with Gasteiger partial charge in [0.15, 0.2) is 0 Å². The number of nitrogens with zero attached hydrogens (tertiary/aromatic N) is 2. The predicted molar refractivity (Wildman–Crippen MR) is 85.0 cm³/mol. The van der Waals surface area contributed by atoms with E-state index in [0.717, 1.165) is 43.3 Å². The number of rotatable bonds is 6. The third-order valence-corrected chi connectivity index (χ3v) is 4.89. The Kier molecular flexibility index (Phi) is 5.96. The predicted octanol–water partition coefficient (Wildman–Crippen LogP) is -0.0619. The van der Waals surface area contributed by atoms with E-state index in [2.05, 4.69) is 15.5 Å². The summed E-state index contributed by atoms with van der Waals surface area (Å²) < 4.78 is 1.69. The second kappa shape index (κ2) is 7.72. The summed E-state index contributed by atoms with van der Waals surface area (Å²) in [7, 11) is 0. The summed E-state index contributed by atoms with van der Waals surface area (Å²) >= 11 is 1.25. The maximum atomic E-state index is 11.8. The van der Waals surface area contributed by atoms with Crippen molar-refractivity contribution in [3.8, 4) is 0 Å². The fourth-order valence-corrected chi connectivity index (χ4v) is 3.29. The van der Waals surface area contributed by atoms with E-state index >= 15 is 0 Å². The molecule has 1 amide bonds. The Morgan fingerprint density at radius 2 is 2.00 bits per heavy atom. The van der Waals surface area contributed by atoms with Crippen molar-refractivity contribution in [3.05, 3.63) is 20.2 Å². The molecule has 1 aromatic heterocycles. The number of carbonyl (C=O) groups is 1. The highest BCUT2D eigenvalue weighted by atomic mass is 32.1. The second-order valence-electron chi connectivity index (χ2n) is 5.35. The topological polar surface area (TPSA) is 66.4 Å². The largest absolute Gasteiger partial charge is 0.355 e. The molecule has 0 radical (unpaired) electrons. The molecule has 1 aromatic rings. The minimum atomic E-state index is 0.0142. The SMILES string of the molecule is Cc1sc(=O)n(CCC(=O)NCCN2CCNCC2)c1C. The summed E-state index contributed by atoms with van der Waals surface area (Å²) in [4.78, 5) is 27.0. The van der Waals surface area contributed by atoms with Crippen LogP contribution in [-0.4, -0.2) is 54.6 Å². The number of hydrogen-bond acceptors (Lipinski definition) is 5. The average Bonchev–Trinajstić information content (AvgIpc) is 2.71. The number of carbonyl (C=O) groups excluding carboxylic acids is 1. The van der Waals surface area contributed by atoms with Gasteiger partial charge in [0.05, 0.1) is 0 Å². The van der Waals surface area contributed by atoms with Crippen LogP contribution in [0.1, 0.15) is 17.0 Å². The molecule has 1 aliphatic heterocycles. The Morgan fingerprint density at radius 1 is 1.29 bits per heavy atom. The van der Waals surface area contributed by atoms with Gasteiger partial charge in [-0.25, -0.2) is 0 Å². The molecule has 118 valence electrons. The lowest BCUT2D eigenvalue weighted by Crippen LogP contribution is -2.46. The molecule has 1 saturated heterocycles. The van der Waals surface area contributed by atoms with Gasteiger partial charge in [-0.3, -0.25) is 14.5 Å². The van der Waals surface area contributed by atoms with Gasteiger partial charge in [0.2, 0.25) is 5.91 Å². The number of piperazine rings is 1. The summed E-state index contributed by atoms with van der Waals surface area (Å²) in [6.07, 6.45) is 0.360. The Balaban J connectivity index is 1.68.